The Morgan fingerprint density at radius 1 is 1.33 bits per heavy atom. The second-order valence-corrected chi connectivity index (χ2v) is 4.96. The van der Waals surface area contributed by atoms with E-state index in [1.54, 1.807) is 10.7 Å². The summed E-state index contributed by atoms with van der Waals surface area (Å²) in [6.07, 6.45) is 0.978. The minimum atomic E-state index is -0.348. The molecule has 0 radical (unpaired) electrons. The molecular weight excluding hydrogens is 273 g/mol. The minimum Gasteiger partial charge on any atom is -0.494 e. The Hall–Kier alpha value is -2.02. The highest BCUT2D eigenvalue weighted by Crippen LogP contribution is 2.18. The zero-order chi connectivity index (χ0) is 15.2. The number of rotatable bonds is 7. The molecule has 1 aromatic carbocycles. The van der Waals surface area contributed by atoms with Crippen molar-refractivity contribution in [1.29, 1.82) is 0 Å². The molecule has 0 aliphatic rings. The molecule has 1 aromatic heterocycles. The van der Waals surface area contributed by atoms with Crippen LogP contribution in [0.3, 0.4) is 0 Å². The van der Waals surface area contributed by atoms with Crippen LogP contribution in [0.2, 0.25) is 0 Å². The molecule has 2 rings (SSSR count). The first-order valence-corrected chi connectivity index (χ1v) is 6.90. The van der Waals surface area contributed by atoms with Gasteiger partial charge in [-0.1, -0.05) is 13.0 Å². The Morgan fingerprint density at radius 3 is 2.81 bits per heavy atom. The highest BCUT2D eigenvalue weighted by Gasteiger charge is 2.10. The van der Waals surface area contributed by atoms with Crippen LogP contribution in [0.4, 0.5) is 4.39 Å². The van der Waals surface area contributed by atoms with Crippen molar-refractivity contribution in [3.8, 4) is 5.75 Å². The summed E-state index contributed by atoms with van der Waals surface area (Å²) < 4.78 is 20.4. The summed E-state index contributed by atoms with van der Waals surface area (Å²) in [5.41, 5.74) is 0.880. The highest BCUT2D eigenvalue weighted by atomic mass is 19.1. The first kappa shape index (κ1) is 15.4. The third-order valence-corrected chi connectivity index (χ3v) is 3.12. The molecule has 21 heavy (non-hydrogen) atoms. The molecule has 7 heteroatoms. The van der Waals surface area contributed by atoms with E-state index in [1.165, 1.54) is 13.2 Å². The van der Waals surface area contributed by atoms with Gasteiger partial charge in [-0.3, -0.25) is 4.90 Å². The van der Waals surface area contributed by atoms with Gasteiger partial charge in [-0.25, -0.2) is 9.07 Å². The van der Waals surface area contributed by atoms with Crippen molar-refractivity contribution in [2.45, 2.75) is 33.0 Å². The molecule has 0 unspecified atom stereocenters. The molecule has 1 heterocycles. The number of hydrogen-bond donors (Lipinski definition) is 0. The van der Waals surface area contributed by atoms with E-state index in [4.69, 9.17) is 4.74 Å². The van der Waals surface area contributed by atoms with Gasteiger partial charge in [0.05, 0.1) is 13.7 Å². The minimum absolute atomic E-state index is 0.258. The lowest BCUT2D eigenvalue weighted by Gasteiger charge is -2.16. The smallest absolute Gasteiger partial charge is 0.165 e. The predicted molar refractivity (Wildman–Crippen MR) is 76.2 cm³/mol. The molecule has 2 aromatic rings. The van der Waals surface area contributed by atoms with Crippen LogP contribution < -0.4 is 4.74 Å². The Bertz CT molecular complexity index is 586. The van der Waals surface area contributed by atoms with E-state index in [0.29, 0.717) is 13.1 Å². The van der Waals surface area contributed by atoms with Gasteiger partial charge >= 0.3 is 0 Å². The van der Waals surface area contributed by atoms with Gasteiger partial charge < -0.3 is 4.74 Å². The summed E-state index contributed by atoms with van der Waals surface area (Å²) in [6, 6.07) is 4.98. The van der Waals surface area contributed by atoms with Gasteiger partial charge in [0, 0.05) is 13.1 Å². The Labute approximate surface area is 123 Å². The number of ether oxygens (including phenoxy) is 1. The van der Waals surface area contributed by atoms with Gasteiger partial charge in [0.2, 0.25) is 0 Å². The first-order valence-electron chi connectivity index (χ1n) is 6.90. The molecule has 0 amide bonds. The maximum atomic E-state index is 13.7. The van der Waals surface area contributed by atoms with Gasteiger partial charge in [0.1, 0.15) is 0 Å². The molecule has 0 saturated heterocycles. The molecular formula is C14H20FN5O. The number of hydrogen-bond acceptors (Lipinski definition) is 5. The van der Waals surface area contributed by atoms with Crippen LogP contribution in [0.5, 0.6) is 5.75 Å². The van der Waals surface area contributed by atoms with Gasteiger partial charge in [0.25, 0.3) is 0 Å². The number of tetrazole rings is 1. The van der Waals surface area contributed by atoms with E-state index in [0.717, 1.165) is 24.4 Å². The number of halogens is 1. The second-order valence-electron chi connectivity index (χ2n) is 4.96. The number of aryl methyl sites for hydroxylation is 1. The predicted octanol–water partition coefficient (Wildman–Crippen LogP) is 1.86. The number of methoxy groups -OCH3 is 1. The van der Waals surface area contributed by atoms with Crippen molar-refractivity contribution in [2.24, 2.45) is 0 Å². The van der Waals surface area contributed by atoms with Crippen LogP contribution >= 0.6 is 0 Å². The molecule has 114 valence electrons. The van der Waals surface area contributed by atoms with Crippen molar-refractivity contribution in [1.82, 2.24) is 25.1 Å². The molecule has 0 bridgehead atoms. The molecule has 0 fully saturated rings. The van der Waals surface area contributed by atoms with E-state index in [9.17, 15) is 4.39 Å². The fourth-order valence-corrected chi connectivity index (χ4v) is 2.14. The fraction of sp³-hybridized carbons (Fsp3) is 0.500. The van der Waals surface area contributed by atoms with Gasteiger partial charge in [-0.15, -0.1) is 5.10 Å². The van der Waals surface area contributed by atoms with Gasteiger partial charge in [0.15, 0.2) is 17.4 Å². The quantitative estimate of drug-likeness (QED) is 0.780. The standard InChI is InChI=1S/C14H20FN5O/c1-4-7-20-14(16-17-18-20)10-19(2)9-11-5-6-13(21-3)12(15)8-11/h5-6,8H,4,7,9-10H2,1-3H3. The summed E-state index contributed by atoms with van der Waals surface area (Å²) in [6.45, 7) is 4.10. The molecule has 0 aliphatic carbocycles. The van der Waals surface area contributed by atoms with E-state index in [2.05, 4.69) is 22.4 Å². The lowest BCUT2D eigenvalue weighted by molar-refractivity contribution is 0.301. The lowest BCUT2D eigenvalue weighted by atomic mass is 10.2. The van der Waals surface area contributed by atoms with Crippen LogP contribution in [0.15, 0.2) is 18.2 Å². The van der Waals surface area contributed by atoms with Crippen molar-refractivity contribution >= 4 is 0 Å². The van der Waals surface area contributed by atoms with E-state index in [1.807, 2.05) is 18.0 Å². The van der Waals surface area contributed by atoms with Crippen LogP contribution in [0.25, 0.3) is 0 Å². The van der Waals surface area contributed by atoms with E-state index < -0.39 is 0 Å². The Balaban J connectivity index is 1.99. The summed E-state index contributed by atoms with van der Waals surface area (Å²) >= 11 is 0. The maximum absolute atomic E-state index is 13.7. The van der Waals surface area contributed by atoms with Crippen molar-refractivity contribution in [3.63, 3.8) is 0 Å². The zero-order valence-electron chi connectivity index (χ0n) is 12.6. The average molecular weight is 293 g/mol. The van der Waals surface area contributed by atoms with Crippen molar-refractivity contribution in [2.75, 3.05) is 14.2 Å². The summed E-state index contributed by atoms with van der Waals surface area (Å²) in [5, 5.41) is 11.7. The molecule has 0 atom stereocenters. The molecule has 0 spiro atoms. The Kier molecular flexibility index (Phi) is 5.21. The Morgan fingerprint density at radius 2 is 2.14 bits per heavy atom. The number of aromatic nitrogens is 4. The summed E-state index contributed by atoms with van der Waals surface area (Å²) in [5.74, 6) is 0.723. The third kappa shape index (κ3) is 3.98. The highest BCUT2D eigenvalue weighted by molar-refractivity contribution is 5.29. The monoisotopic (exact) mass is 293 g/mol. The SMILES string of the molecule is CCCn1nnnc1CN(C)Cc1ccc(OC)c(F)c1. The van der Waals surface area contributed by atoms with Crippen molar-refractivity contribution in [3.05, 3.63) is 35.4 Å². The number of nitrogens with zero attached hydrogens (tertiary/aromatic N) is 5. The molecule has 6 nitrogen and oxygen atoms in total. The second kappa shape index (κ2) is 7.12. The summed E-state index contributed by atoms with van der Waals surface area (Å²) in [4.78, 5) is 2.04. The fourth-order valence-electron chi connectivity index (χ4n) is 2.14. The lowest BCUT2D eigenvalue weighted by Crippen LogP contribution is -2.20. The van der Waals surface area contributed by atoms with Crippen LogP contribution in [0.1, 0.15) is 24.7 Å². The number of benzene rings is 1. The average Bonchev–Trinajstić information content (AvgIpc) is 2.86. The normalized spacial score (nSPS) is 11.1. The molecule has 0 aliphatic heterocycles. The van der Waals surface area contributed by atoms with Crippen LogP contribution in [-0.2, 0) is 19.6 Å². The van der Waals surface area contributed by atoms with E-state index in [-0.39, 0.29) is 11.6 Å². The molecule has 0 N–H and O–H groups in total. The van der Waals surface area contributed by atoms with Crippen molar-refractivity contribution < 1.29 is 9.13 Å². The largest absolute Gasteiger partial charge is 0.494 e. The van der Waals surface area contributed by atoms with Crippen LogP contribution in [0, 0.1) is 5.82 Å². The van der Waals surface area contributed by atoms with Gasteiger partial charge in [-0.05, 0) is 41.6 Å². The maximum Gasteiger partial charge on any atom is 0.165 e. The topological polar surface area (TPSA) is 56.1 Å². The first-order chi connectivity index (χ1) is 10.1. The summed E-state index contributed by atoms with van der Waals surface area (Å²) in [7, 11) is 3.41. The van der Waals surface area contributed by atoms with E-state index >= 15 is 0 Å². The molecule has 0 saturated carbocycles. The zero-order valence-corrected chi connectivity index (χ0v) is 12.6. The van der Waals surface area contributed by atoms with Gasteiger partial charge in [-0.2, -0.15) is 0 Å². The van der Waals surface area contributed by atoms with Crippen LogP contribution in [-0.4, -0.2) is 39.3 Å². The third-order valence-electron chi connectivity index (χ3n) is 3.12.